The van der Waals surface area contributed by atoms with Crippen LogP contribution >= 0.6 is 0 Å². The Bertz CT molecular complexity index is 951. The average Bonchev–Trinajstić information content (AvgIpc) is 3.05. The summed E-state index contributed by atoms with van der Waals surface area (Å²) >= 11 is 0. The van der Waals surface area contributed by atoms with Gasteiger partial charge < -0.3 is 16.0 Å². The Hall–Kier alpha value is -2.85. The Kier molecular flexibility index (Phi) is 6.32. The van der Waals surface area contributed by atoms with E-state index in [1.54, 1.807) is 0 Å². The molecule has 0 aliphatic rings. The van der Waals surface area contributed by atoms with E-state index in [1.165, 1.54) is 11.1 Å². The van der Waals surface area contributed by atoms with Gasteiger partial charge in [0.2, 0.25) is 0 Å². The molecule has 2 aromatic carbocycles. The maximum absolute atomic E-state index is 6.16. The quantitative estimate of drug-likeness (QED) is 0.603. The zero-order chi connectivity index (χ0) is 20.1. The van der Waals surface area contributed by atoms with Crippen LogP contribution < -0.4 is 11.5 Å². The van der Waals surface area contributed by atoms with Crippen molar-refractivity contribution in [2.45, 2.75) is 46.2 Å². The smallest absolute Gasteiger partial charge is 0.112 e. The van der Waals surface area contributed by atoms with Gasteiger partial charge in [-0.15, -0.1) is 0 Å². The lowest BCUT2D eigenvalue weighted by molar-refractivity contribution is 0.681. The predicted octanol–water partition coefficient (Wildman–Crippen LogP) is 4.64. The van der Waals surface area contributed by atoms with Gasteiger partial charge in [-0.3, -0.25) is 0 Å². The minimum absolute atomic E-state index is 0.508. The van der Waals surface area contributed by atoms with Crippen LogP contribution in [0.4, 0.5) is 0 Å². The molecule has 0 bridgehead atoms. The molecular weight excluding hydrogens is 344 g/mol. The number of nitrogens with zero attached hydrogens (tertiary/aromatic N) is 2. The van der Waals surface area contributed by atoms with Gasteiger partial charge in [-0.2, -0.15) is 0 Å². The van der Waals surface area contributed by atoms with Crippen LogP contribution in [-0.2, 0) is 19.5 Å². The highest BCUT2D eigenvalue weighted by Gasteiger charge is 2.20. The van der Waals surface area contributed by atoms with Crippen molar-refractivity contribution in [1.82, 2.24) is 9.55 Å². The van der Waals surface area contributed by atoms with Gasteiger partial charge in [0, 0.05) is 25.1 Å². The third-order valence-electron chi connectivity index (χ3n) is 5.10. The Morgan fingerprint density at radius 1 is 1.07 bits per heavy atom. The highest BCUT2D eigenvalue weighted by Crippen LogP contribution is 2.31. The van der Waals surface area contributed by atoms with E-state index in [2.05, 4.69) is 73.5 Å². The first kappa shape index (κ1) is 19.9. The van der Waals surface area contributed by atoms with Gasteiger partial charge in [0.1, 0.15) is 11.5 Å². The van der Waals surface area contributed by atoms with Crippen LogP contribution in [0.5, 0.6) is 0 Å². The molecule has 0 unspecified atom stereocenters. The highest BCUT2D eigenvalue weighted by molar-refractivity contribution is 5.77. The van der Waals surface area contributed by atoms with Crippen molar-refractivity contribution in [3.05, 3.63) is 83.3 Å². The second-order valence-corrected chi connectivity index (χ2v) is 7.28. The first-order valence-electron chi connectivity index (χ1n) is 9.93. The van der Waals surface area contributed by atoms with E-state index < -0.39 is 0 Å². The summed E-state index contributed by atoms with van der Waals surface area (Å²) in [6, 6.07) is 16.8. The lowest BCUT2D eigenvalue weighted by Gasteiger charge is -2.15. The van der Waals surface area contributed by atoms with E-state index in [1.807, 2.05) is 0 Å². The molecule has 0 aliphatic heterocycles. The molecule has 1 aromatic heterocycles. The molecule has 0 aliphatic carbocycles. The molecule has 0 saturated carbocycles. The zero-order valence-electron chi connectivity index (χ0n) is 16.9. The minimum atomic E-state index is 0.508. The summed E-state index contributed by atoms with van der Waals surface area (Å²) in [5.41, 5.74) is 19.0. The van der Waals surface area contributed by atoms with Crippen molar-refractivity contribution in [2.24, 2.45) is 11.5 Å². The largest absolute Gasteiger partial charge is 0.397 e. The summed E-state index contributed by atoms with van der Waals surface area (Å²) in [4.78, 5) is 4.91. The fourth-order valence-corrected chi connectivity index (χ4v) is 3.49. The fourth-order valence-electron chi connectivity index (χ4n) is 3.49. The van der Waals surface area contributed by atoms with Crippen molar-refractivity contribution in [3.8, 4) is 11.3 Å². The molecular formula is C24H30N4. The molecule has 0 amide bonds. The lowest BCUT2D eigenvalue weighted by atomic mass is 10.0. The second-order valence-electron chi connectivity index (χ2n) is 7.28. The standard InChI is InChI=1S/C24H30N4/c1-4-5-10-22-27-23(18(3)26)24(21-9-7-6-8-17(21)2)28(22)16-20-13-11-19(15-25)12-14-20/h6-9,11-14H,3-5,10,15-16,25-26H2,1-2H3. The molecule has 3 aromatic rings. The Morgan fingerprint density at radius 2 is 1.75 bits per heavy atom. The van der Waals surface area contributed by atoms with Crippen LogP contribution in [0.15, 0.2) is 55.1 Å². The topological polar surface area (TPSA) is 69.9 Å². The SMILES string of the molecule is C=C(N)c1nc(CCCC)n(Cc2ccc(CN)cc2)c1-c1ccccc1C. The molecule has 4 heteroatoms. The van der Waals surface area contributed by atoms with Gasteiger partial charge in [0.15, 0.2) is 0 Å². The van der Waals surface area contributed by atoms with E-state index in [0.717, 1.165) is 54.1 Å². The Balaban J connectivity index is 2.15. The lowest BCUT2D eigenvalue weighted by Crippen LogP contribution is -2.08. The third-order valence-corrected chi connectivity index (χ3v) is 5.10. The van der Waals surface area contributed by atoms with Crippen molar-refractivity contribution in [1.29, 1.82) is 0 Å². The number of unbranched alkanes of at least 4 members (excludes halogenated alkanes) is 1. The number of hydrogen-bond donors (Lipinski definition) is 2. The molecule has 0 spiro atoms. The van der Waals surface area contributed by atoms with Crippen molar-refractivity contribution in [2.75, 3.05) is 0 Å². The molecule has 0 radical (unpaired) electrons. The predicted molar refractivity (Wildman–Crippen MR) is 118 cm³/mol. The molecule has 4 N–H and O–H groups in total. The van der Waals surface area contributed by atoms with Crippen LogP contribution in [0.25, 0.3) is 17.0 Å². The van der Waals surface area contributed by atoms with E-state index in [9.17, 15) is 0 Å². The van der Waals surface area contributed by atoms with Crippen LogP contribution in [0.3, 0.4) is 0 Å². The second kappa shape index (κ2) is 8.89. The maximum Gasteiger partial charge on any atom is 0.112 e. The average molecular weight is 375 g/mol. The Labute approximate surface area is 167 Å². The minimum Gasteiger partial charge on any atom is -0.397 e. The first-order valence-corrected chi connectivity index (χ1v) is 9.93. The first-order chi connectivity index (χ1) is 13.5. The van der Waals surface area contributed by atoms with Crippen molar-refractivity contribution < 1.29 is 0 Å². The van der Waals surface area contributed by atoms with Crippen LogP contribution in [0.1, 0.15) is 48.0 Å². The third kappa shape index (κ3) is 4.18. The number of aromatic nitrogens is 2. The molecule has 0 saturated heterocycles. The molecule has 3 rings (SSSR count). The molecule has 28 heavy (non-hydrogen) atoms. The Morgan fingerprint density at radius 3 is 2.36 bits per heavy atom. The van der Waals surface area contributed by atoms with Gasteiger partial charge in [0.25, 0.3) is 0 Å². The summed E-state index contributed by atoms with van der Waals surface area (Å²) in [6.07, 6.45) is 3.13. The van der Waals surface area contributed by atoms with Crippen LogP contribution in [0.2, 0.25) is 0 Å². The van der Waals surface area contributed by atoms with Crippen LogP contribution in [0, 0.1) is 6.92 Å². The number of rotatable bonds is 8. The summed E-state index contributed by atoms with van der Waals surface area (Å²) < 4.78 is 2.31. The highest BCUT2D eigenvalue weighted by atomic mass is 15.1. The number of imidazole rings is 1. The zero-order valence-corrected chi connectivity index (χ0v) is 16.9. The number of nitrogens with two attached hydrogens (primary N) is 2. The summed E-state index contributed by atoms with van der Waals surface area (Å²) in [6.45, 7) is 9.61. The van der Waals surface area contributed by atoms with Gasteiger partial charge in [0.05, 0.1) is 11.4 Å². The molecule has 0 fully saturated rings. The number of benzene rings is 2. The summed E-state index contributed by atoms with van der Waals surface area (Å²) in [5, 5.41) is 0. The summed E-state index contributed by atoms with van der Waals surface area (Å²) in [5.74, 6) is 1.06. The molecule has 4 nitrogen and oxygen atoms in total. The number of aryl methyl sites for hydroxylation is 2. The molecule has 1 heterocycles. The van der Waals surface area contributed by atoms with E-state index in [4.69, 9.17) is 16.5 Å². The molecule has 146 valence electrons. The van der Waals surface area contributed by atoms with E-state index in [0.29, 0.717) is 12.2 Å². The van der Waals surface area contributed by atoms with Crippen molar-refractivity contribution >= 4 is 5.70 Å². The number of hydrogen-bond acceptors (Lipinski definition) is 3. The van der Waals surface area contributed by atoms with E-state index >= 15 is 0 Å². The maximum atomic E-state index is 6.16. The van der Waals surface area contributed by atoms with Gasteiger partial charge in [-0.05, 0) is 30.0 Å². The molecule has 0 atom stereocenters. The van der Waals surface area contributed by atoms with E-state index in [-0.39, 0.29) is 0 Å². The van der Waals surface area contributed by atoms with Gasteiger partial charge in [-0.25, -0.2) is 4.98 Å². The fraction of sp³-hybridized carbons (Fsp3) is 0.292. The van der Waals surface area contributed by atoms with Crippen molar-refractivity contribution in [3.63, 3.8) is 0 Å². The van der Waals surface area contributed by atoms with Gasteiger partial charge in [-0.1, -0.05) is 68.5 Å². The normalized spacial score (nSPS) is 11.0. The van der Waals surface area contributed by atoms with Gasteiger partial charge >= 0.3 is 0 Å². The van der Waals surface area contributed by atoms with Crippen LogP contribution in [-0.4, -0.2) is 9.55 Å². The monoisotopic (exact) mass is 374 g/mol. The summed E-state index contributed by atoms with van der Waals surface area (Å²) in [7, 11) is 0.